The highest BCUT2D eigenvalue weighted by atomic mass is 32.1. The molecule has 1 aromatic carbocycles. The van der Waals surface area contributed by atoms with Gasteiger partial charge in [-0.25, -0.2) is 8.78 Å². The fourth-order valence-corrected chi connectivity index (χ4v) is 1.10. The predicted molar refractivity (Wildman–Crippen MR) is 87.6 cm³/mol. The fraction of sp³-hybridized carbons (Fsp3) is 0.500. The van der Waals surface area contributed by atoms with Gasteiger partial charge in [0.1, 0.15) is 11.6 Å². The average molecular weight is 321 g/mol. The monoisotopic (exact) mass is 321 g/mol. The van der Waals surface area contributed by atoms with E-state index in [0.717, 1.165) is 13.5 Å². The van der Waals surface area contributed by atoms with Crippen molar-refractivity contribution < 1.29 is 13.4 Å². The quantitative estimate of drug-likeness (QED) is 0.390. The van der Waals surface area contributed by atoms with Crippen LogP contribution >= 0.6 is 25.4 Å². The molecule has 0 aliphatic rings. The van der Waals surface area contributed by atoms with E-state index in [1.54, 1.807) is 13.8 Å². The Morgan fingerprint density at radius 3 is 2.10 bits per heavy atom. The minimum absolute atomic E-state index is 0.116. The van der Waals surface area contributed by atoms with Crippen LogP contribution in [-0.2, 0) is 4.65 Å². The highest BCUT2D eigenvalue weighted by Gasteiger charge is 2.35. The Balaban J connectivity index is 0.00000172. The molecule has 0 bridgehead atoms. The van der Waals surface area contributed by atoms with E-state index in [-0.39, 0.29) is 11.2 Å². The van der Waals surface area contributed by atoms with Gasteiger partial charge in [0.15, 0.2) is 0 Å². The first-order chi connectivity index (χ1) is 9.06. The molecule has 1 rings (SSSR count). The number of nitrogen functional groups attached to an aromatic ring is 1. The Morgan fingerprint density at radius 1 is 1.15 bits per heavy atom. The van der Waals surface area contributed by atoms with Crippen LogP contribution in [0.1, 0.15) is 27.7 Å². The number of benzene rings is 1. The summed E-state index contributed by atoms with van der Waals surface area (Å²) >= 11 is 7.42. The second-order valence-electron chi connectivity index (χ2n) is 5.17. The summed E-state index contributed by atoms with van der Waals surface area (Å²) in [6.07, 6.45) is 0. The second-order valence-corrected chi connectivity index (χ2v) is 6.29. The maximum atomic E-state index is 13.6. The van der Waals surface area contributed by atoms with Gasteiger partial charge in [-0.05, 0) is 39.8 Å². The zero-order valence-electron chi connectivity index (χ0n) is 11.9. The fourth-order valence-electron chi connectivity index (χ4n) is 1.04. The molecule has 0 spiro atoms. The van der Waals surface area contributed by atoms with Crippen LogP contribution in [0, 0.1) is 11.6 Å². The summed E-state index contributed by atoms with van der Waals surface area (Å²) in [6, 6.07) is 2.28. The Kier molecular flexibility index (Phi) is 7.37. The van der Waals surface area contributed by atoms with Gasteiger partial charge < -0.3 is 10.4 Å². The van der Waals surface area contributed by atoms with Crippen LogP contribution in [0.2, 0.25) is 0 Å². The Hall–Kier alpha value is -0.435. The summed E-state index contributed by atoms with van der Waals surface area (Å²) in [5.74, 6) is -1.53. The van der Waals surface area contributed by atoms with E-state index in [4.69, 9.17) is 10.4 Å². The lowest BCUT2D eigenvalue weighted by Crippen LogP contribution is -2.46. The lowest BCUT2D eigenvalue weighted by molar-refractivity contribution is 0.0852. The number of hydrogen-bond acceptors (Lipinski definition) is 5. The molecule has 8 heteroatoms. The van der Waals surface area contributed by atoms with E-state index < -0.39 is 22.0 Å². The minimum atomic E-state index is -0.817. The molecule has 0 amide bonds. The molecule has 0 saturated heterocycles. The maximum absolute atomic E-state index is 13.6. The molecule has 0 heterocycles. The number of halogens is 2. The van der Waals surface area contributed by atoms with E-state index in [0.29, 0.717) is 0 Å². The first-order valence-electron chi connectivity index (χ1n) is 5.79. The summed E-state index contributed by atoms with van der Waals surface area (Å²) in [7, 11) is 1.05. The molecule has 0 fully saturated rings. The molecule has 0 unspecified atom stereocenters. The molecule has 20 heavy (non-hydrogen) atoms. The summed E-state index contributed by atoms with van der Waals surface area (Å²) < 4.78 is 32.1. The molecular weight excluding hydrogens is 301 g/mol. The van der Waals surface area contributed by atoms with Crippen molar-refractivity contribution >= 4 is 44.1 Å². The standard InChI is InChI=1S/C12H17BF2NOS.H3NS/c1-11(2,12(3,4)18)17-13-9-7(14)5-6-8(16)10(9)15;1-2/h5-6,18H,16H2,1-4H3;2H,1H2. The van der Waals surface area contributed by atoms with Gasteiger partial charge >= 0.3 is 7.48 Å². The molecule has 0 aromatic heterocycles. The largest absolute Gasteiger partial charge is 0.428 e. The van der Waals surface area contributed by atoms with Gasteiger partial charge in [0.25, 0.3) is 0 Å². The van der Waals surface area contributed by atoms with E-state index in [9.17, 15) is 8.78 Å². The summed E-state index contributed by atoms with van der Waals surface area (Å²) in [6.45, 7) is 7.29. The van der Waals surface area contributed by atoms with Crippen LogP contribution in [0.25, 0.3) is 0 Å². The molecular formula is C12H20BF2N2OS2. The van der Waals surface area contributed by atoms with Crippen molar-refractivity contribution in [3.05, 3.63) is 23.8 Å². The van der Waals surface area contributed by atoms with Crippen LogP contribution in [0.15, 0.2) is 12.1 Å². The first-order valence-corrected chi connectivity index (χ1v) is 6.75. The van der Waals surface area contributed by atoms with Crippen LogP contribution in [0.3, 0.4) is 0 Å². The van der Waals surface area contributed by atoms with Gasteiger partial charge in [0.2, 0.25) is 0 Å². The van der Waals surface area contributed by atoms with Crippen LogP contribution in [0.4, 0.5) is 14.5 Å². The van der Waals surface area contributed by atoms with Crippen molar-refractivity contribution in [2.24, 2.45) is 5.14 Å². The Bertz CT molecular complexity index is 454. The van der Waals surface area contributed by atoms with Crippen LogP contribution in [0.5, 0.6) is 0 Å². The molecule has 0 aliphatic heterocycles. The zero-order chi connectivity index (χ0) is 16.1. The number of thiol groups is 2. The molecule has 113 valence electrons. The SMILES string of the molecule is CC(C)(S)C(C)(C)O[B]c1c(F)ccc(N)c1F.NS. The molecule has 4 N–H and O–H groups in total. The predicted octanol–water partition coefficient (Wildman–Crippen LogP) is 2.08. The molecule has 0 aliphatic carbocycles. The van der Waals surface area contributed by atoms with Gasteiger partial charge in [0, 0.05) is 10.2 Å². The molecule has 0 atom stereocenters. The van der Waals surface area contributed by atoms with Crippen molar-refractivity contribution in [1.29, 1.82) is 0 Å². The topological polar surface area (TPSA) is 61.3 Å². The maximum Gasteiger partial charge on any atom is 0.337 e. The van der Waals surface area contributed by atoms with Crippen molar-refractivity contribution in [1.82, 2.24) is 0 Å². The number of nitrogens with two attached hydrogens (primary N) is 2. The van der Waals surface area contributed by atoms with Crippen LogP contribution in [-0.4, -0.2) is 17.8 Å². The van der Waals surface area contributed by atoms with Crippen LogP contribution < -0.4 is 16.3 Å². The van der Waals surface area contributed by atoms with E-state index in [2.05, 4.69) is 30.6 Å². The van der Waals surface area contributed by atoms with Gasteiger partial charge in [-0.1, -0.05) is 0 Å². The molecule has 0 saturated carbocycles. The molecule has 1 aromatic rings. The third-order valence-electron chi connectivity index (χ3n) is 3.10. The van der Waals surface area contributed by atoms with Crippen molar-refractivity contribution in [3.8, 4) is 0 Å². The smallest absolute Gasteiger partial charge is 0.337 e. The van der Waals surface area contributed by atoms with Gasteiger partial charge in [-0.2, -0.15) is 12.6 Å². The first kappa shape index (κ1) is 19.6. The van der Waals surface area contributed by atoms with Gasteiger partial charge in [-0.3, -0.25) is 5.14 Å². The summed E-state index contributed by atoms with van der Waals surface area (Å²) in [5, 5.41) is 4.19. The van der Waals surface area contributed by atoms with Crippen molar-refractivity contribution in [3.63, 3.8) is 0 Å². The third kappa shape index (κ3) is 4.84. The normalized spacial score (nSPS) is 11.7. The summed E-state index contributed by atoms with van der Waals surface area (Å²) in [5.41, 5.74) is 4.29. The highest BCUT2D eigenvalue weighted by molar-refractivity contribution is 7.81. The van der Waals surface area contributed by atoms with E-state index in [1.165, 1.54) is 6.07 Å². The van der Waals surface area contributed by atoms with Crippen molar-refractivity contribution in [2.45, 2.75) is 38.0 Å². The van der Waals surface area contributed by atoms with Crippen molar-refractivity contribution in [2.75, 3.05) is 5.73 Å². The van der Waals surface area contributed by atoms with E-state index in [1.807, 2.05) is 13.8 Å². The Morgan fingerprint density at radius 2 is 1.65 bits per heavy atom. The Labute approximate surface area is 130 Å². The van der Waals surface area contributed by atoms with Gasteiger partial charge in [0.05, 0.1) is 11.3 Å². The molecule has 3 nitrogen and oxygen atoms in total. The lowest BCUT2D eigenvalue weighted by Gasteiger charge is -2.38. The minimum Gasteiger partial charge on any atom is -0.428 e. The number of anilines is 1. The van der Waals surface area contributed by atoms with Gasteiger partial charge in [-0.15, -0.1) is 12.8 Å². The number of hydrogen-bond donors (Lipinski definition) is 4. The average Bonchev–Trinajstić information content (AvgIpc) is 2.35. The molecule has 1 radical (unpaired) electrons. The lowest BCUT2D eigenvalue weighted by atomic mass is 9.83. The van der Waals surface area contributed by atoms with E-state index >= 15 is 0 Å². The summed E-state index contributed by atoms with van der Waals surface area (Å²) in [4.78, 5) is 0. The second kappa shape index (κ2) is 7.54. The zero-order valence-corrected chi connectivity index (χ0v) is 13.7. The third-order valence-corrected chi connectivity index (χ3v) is 3.64. The highest BCUT2D eigenvalue weighted by Crippen LogP contribution is 2.30. The number of rotatable bonds is 4.